The second kappa shape index (κ2) is 8.95. The van der Waals surface area contributed by atoms with Crippen LogP contribution in [0.4, 0.5) is 0 Å². The van der Waals surface area contributed by atoms with Crippen LogP contribution in [0.1, 0.15) is 0 Å². The minimum atomic E-state index is 0.790. The lowest BCUT2D eigenvalue weighted by Gasteiger charge is -2.18. The summed E-state index contributed by atoms with van der Waals surface area (Å²) in [4.78, 5) is 0. The second-order valence-electron chi connectivity index (χ2n) is 10.8. The van der Waals surface area contributed by atoms with Gasteiger partial charge in [-0.1, -0.05) is 121 Å². The van der Waals surface area contributed by atoms with Crippen molar-refractivity contribution in [1.82, 2.24) is 0 Å². The molecule has 0 N–H and O–H groups in total. The first-order valence-electron chi connectivity index (χ1n) is 14.3. The lowest BCUT2D eigenvalue weighted by molar-refractivity contribution is 0.600. The van der Waals surface area contributed by atoms with Gasteiger partial charge in [-0.15, -0.1) is 0 Å². The molecule has 2 heterocycles. The average molecular weight is 537 g/mol. The van der Waals surface area contributed by atoms with Crippen molar-refractivity contribution < 1.29 is 8.83 Å². The van der Waals surface area contributed by atoms with Crippen LogP contribution in [0.3, 0.4) is 0 Å². The molecule has 0 radical (unpaired) electrons. The van der Waals surface area contributed by atoms with Gasteiger partial charge in [0.05, 0.1) is 6.26 Å². The summed E-state index contributed by atoms with van der Waals surface area (Å²) in [5.74, 6) is 0. The van der Waals surface area contributed by atoms with Crippen molar-refractivity contribution in [2.24, 2.45) is 0 Å². The summed E-state index contributed by atoms with van der Waals surface area (Å²) >= 11 is 0. The fourth-order valence-electron chi connectivity index (χ4n) is 6.72. The van der Waals surface area contributed by atoms with Crippen LogP contribution in [-0.4, -0.2) is 0 Å². The van der Waals surface area contributed by atoms with Gasteiger partial charge in [-0.2, -0.15) is 0 Å². The van der Waals surface area contributed by atoms with Gasteiger partial charge >= 0.3 is 0 Å². The molecule has 42 heavy (non-hydrogen) atoms. The Morgan fingerprint density at radius 2 is 0.929 bits per heavy atom. The third-order valence-corrected chi connectivity index (χ3v) is 8.55. The van der Waals surface area contributed by atoms with E-state index in [9.17, 15) is 0 Å². The first kappa shape index (κ1) is 23.1. The standard InChI is InChI=1S/C40H24O2/c1-2-10-26(11-3-1)36-29-12-4-6-14-31(29)37(32-15-7-5-13-30(32)36)27-20-18-25(19-21-27)34-24-28-22-23-41-39(28)40-38(34)33-16-8-9-17-35(33)42-40/h1-24H. The van der Waals surface area contributed by atoms with E-state index >= 15 is 0 Å². The molecular weight excluding hydrogens is 512 g/mol. The first-order chi connectivity index (χ1) is 20.8. The molecule has 2 heteroatoms. The summed E-state index contributed by atoms with van der Waals surface area (Å²) in [5.41, 5.74) is 9.72. The highest BCUT2D eigenvalue weighted by Gasteiger charge is 2.19. The fraction of sp³-hybridized carbons (Fsp3) is 0. The third-order valence-electron chi connectivity index (χ3n) is 8.55. The molecule has 0 unspecified atom stereocenters. The first-order valence-corrected chi connectivity index (χ1v) is 14.3. The predicted octanol–water partition coefficient (Wildman–Crippen LogP) is 11.6. The molecule has 0 bridgehead atoms. The van der Waals surface area contributed by atoms with Gasteiger partial charge in [-0.3, -0.25) is 0 Å². The fourth-order valence-corrected chi connectivity index (χ4v) is 6.72. The molecule has 0 atom stereocenters. The summed E-state index contributed by atoms with van der Waals surface area (Å²) in [6.07, 6.45) is 1.74. The van der Waals surface area contributed by atoms with E-state index in [0.29, 0.717) is 0 Å². The Morgan fingerprint density at radius 1 is 0.405 bits per heavy atom. The zero-order chi connectivity index (χ0) is 27.6. The van der Waals surface area contributed by atoms with E-state index in [-0.39, 0.29) is 0 Å². The molecule has 9 aromatic rings. The number of furan rings is 2. The van der Waals surface area contributed by atoms with Gasteiger partial charge < -0.3 is 8.83 Å². The summed E-state index contributed by atoms with van der Waals surface area (Å²) in [5, 5.41) is 8.25. The predicted molar refractivity (Wildman–Crippen MR) is 175 cm³/mol. The summed E-state index contributed by atoms with van der Waals surface area (Å²) in [7, 11) is 0. The Balaban J connectivity index is 1.29. The molecule has 2 nitrogen and oxygen atoms in total. The highest BCUT2D eigenvalue weighted by atomic mass is 16.4. The van der Waals surface area contributed by atoms with Crippen molar-refractivity contribution in [3.8, 4) is 33.4 Å². The second-order valence-corrected chi connectivity index (χ2v) is 10.8. The molecule has 0 fully saturated rings. The minimum Gasteiger partial charge on any atom is -0.460 e. The molecular formula is C40H24O2. The number of hydrogen-bond donors (Lipinski definition) is 0. The molecule has 0 spiro atoms. The number of benzene rings is 7. The molecule has 2 aromatic heterocycles. The molecule has 0 saturated carbocycles. The zero-order valence-corrected chi connectivity index (χ0v) is 22.7. The van der Waals surface area contributed by atoms with Gasteiger partial charge in [-0.05, 0) is 73.1 Å². The van der Waals surface area contributed by atoms with Gasteiger partial charge in [0.15, 0.2) is 11.2 Å². The van der Waals surface area contributed by atoms with E-state index in [0.717, 1.165) is 44.0 Å². The smallest absolute Gasteiger partial charge is 0.179 e. The van der Waals surface area contributed by atoms with E-state index in [1.165, 1.54) is 43.8 Å². The molecule has 0 aliphatic rings. The molecule has 0 saturated heterocycles. The Morgan fingerprint density at radius 3 is 1.57 bits per heavy atom. The third kappa shape index (κ3) is 3.33. The average Bonchev–Trinajstić information content (AvgIpc) is 3.69. The Kier molecular flexibility index (Phi) is 4.93. The van der Waals surface area contributed by atoms with Crippen LogP contribution >= 0.6 is 0 Å². The summed E-state index contributed by atoms with van der Waals surface area (Å²) < 4.78 is 12.2. The number of rotatable bonds is 3. The maximum absolute atomic E-state index is 6.33. The Hall–Kier alpha value is -5.60. The van der Waals surface area contributed by atoms with Crippen LogP contribution in [0.25, 0.3) is 87.8 Å². The van der Waals surface area contributed by atoms with Crippen LogP contribution in [0.2, 0.25) is 0 Å². The largest absolute Gasteiger partial charge is 0.460 e. The molecule has 7 aromatic carbocycles. The van der Waals surface area contributed by atoms with Crippen molar-refractivity contribution in [1.29, 1.82) is 0 Å². The normalized spacial score (nSPS) is 11.8. The van der Waals surface area contributed by atoms with Gasteiger partial charge in [0.2, 0.25) is 0 Å². The van der Waals surface area contributed by atoms with E-state index in [1.54, 1.807) is 6.26 Å². The van der Waals surface area contributed by atoms with Gasteiger partial charge in [-0.25, -0.2) is 0 Å². The zero-order valence-electron chi connectivity index (χ0n) is 22.7. The number of fused-ring (bicyclic) bond motifs is 7. The van der Waals surface area contributed by atoms with Crippen molar-refractivity contribution in [2.45, 2.75) is 0 Å². The Bertz CT molecular complexity index is 2380. The summed E-state index contributed by atoms with van der Waals surface area (Å²) in [6.45, 7) is 0. The van der Waals surface area contributed by atoms with E-state index < -0.39 is 0 Å². The van der Waals surface area contributed by atoms with Crippen LogP contribution in [-0.2, 0) is 0 Å². The highest BCUT2D eigenvalue weighted by Crippen LogP contribution is 2.45. The summed E-state index contributed by atoms with van der Waals surface area (Å²) in [6, 6.07) is 49.8. The van der Waals surface area contributed by atoms with Crippen molar-refractivity contribution in [2.75, 3.05) is 0 Å². The van der Waals surface area contributed by atoms with E-state index in [1.807, 2.05) is 18.2 Å². The Labute approximate surface area is 242 Å². The maximum atomic E-state index is 6.33. The molecule has 0 amide bonds. The quantitative estimate of drug-likeness (QED) is 0.210. The van der Waals surface area contributed by atoms with Crippen molar-refractivity contribution >= 4 is 54.5 Å². The molecule has 9 rings (SSSR count). The maximum Gasteiger partial charge on any atom is 0.179 e. The lowest BCUT2D eigenvalue weighted by atomic mass is 9.85. The van der Waals surface area contributed by atoms with Crippen molar-refractivity contribution in [3.05, 3.63) is 146 Å². The van der Waals surface area contributed by atoms with Gasteiger partial charge in [0.1, 0.15) is 5.58 Å². The van der Waals surface area contributed by atoms with E-state index in [2.05, 4.69) is 121 Å². The van der Waals surface area contributed by atoms with Crippen LogP contribution in [0.5, 0.6) is 0 Å². The van der Waals surface area contributed by atoms with Gasteiger partial charge in [0, 0.05) is 16.2 Å². The highest BCUT2D eigenvalue weighted by molar-refractivity contribution is 6.22. The monoisotopic (exact) mass is 536 g/mol. The number of hydrogen-bond acceptors (Lipinski definition) is 2. The van der Waals surface area contributed by atoms with Crippen LogP contribution in [0, 0.1) is 0 Å². The topological polar surface area (TPSA) is 26.3 Å². The van der Waals surface area contributed by atoms with Crippen LogP contribution < -0.4 is 0 Å². The SMILES string of the molecule is c1ccc(-c2c3ccccc3c(-c3ccc(-c4cc5ccoc5c5oc6ccccc6c45)cc3)c3ccccc23)cc1. The minimum absolute atomic E-state index is 0.790. The van der Waals surface area contributed by atoms with Crippen LogP contribution in [0.15, 0.2) is 155 Å². The van der Waals surface area contributed by atoms with Crippen molar-refractivity contribution in [3.63, 3.8) is 0 Å². The van der Waals surface area contributed by atoms with E-state index in [4.69, 9.17) is 8.83 Å². The molecule has 196 valence electrons. The lowest BCUT2D eigenvalue weighted by Crippen LogP contribution is -1.90. The number of para-hydroxylation sites is 1. The molecule has 0 aliphatic heterocycles. The van der Waals surface area contributed by atoms with Gasteiger partial charge in [0.25, 0.3) is 0 Å². The molecule has 0 aliphatic carbocycles.